The molecule has 1 heterocycles. The molecule has 3 nitrogen and oxygen atoms in total. The van der Waals surface area contributed by atoms with Gasteiger partial charge in [-0.25, -0.2) is 4.98 Å². The fourth-order valence-corrected chi connectivity index (χ4v) is 4.56. The third-order valence-electron chi connectivity index (χ3n) is 5.03. The van der Waals surface area contributed by atoms with Crippen LogP contribution in [0, 0.1) is 29.6 Å². The van der Waals surface area contributed by atoms with E-state index in [1.165, 1.54) is 19.3 Å². The third kappa shape index (κ3) is 1.50. The average molecular weight is 263 g/mol. The molecule has 4 heteroatoms. The van der Waals surface area contributed by atoms with Gasteiger partial charge in [0.25, 0.3) is 0 Å². The van der Waals surface area contributed by atoms with Crippen LogP contribution in [0.4, 0.5) is 5.69 Å². The van der Waals surface area contributed by atoms with E-state index in [0.717, 1.165) is 17.5 Å². The molecule has 2 bridgehead atoms. The lowest BCUT2D eigenvalue weighted by molar-refractivity contribution is -0.118. The Morgan fingerprint density at radius 2 is 2.06 bits per heavy atom. The highest BCUT2D eigenvalue weighted by molar-refractivity contribution is 6.29. The van der Waals surface area contributed by atoms with Crippen LogP contribution in [0.5, 0.6) is 0 Å². The SMILES string of the molecule is O=C(Nc1ccnc(Cl)c1)C1C2C3CCC(C3)C12. The van der Waals surface area contributed by atoms with Crippen LogP contribution in [0.3, 0.4) is 0 Å². The maximum absolute atomic E-state index is 12.2. The van der Waals surface area contributed by atoms with E-state index in [0.29, 0.717) is 17.0 Å². The molecule has 4 rings (SSSR count). The molecule has 0 saturated heterocycles. The van der Waals surface area contributed by atoms with Crippen LogP contribution < -0.4 is 5.32 Å². The van der Waals surface area contributed by atoms with Crippen LogP contribution in [0.15, 0.2) is 18.3 Å². The molecule has 0 spiro atoms. The maximum Gasteiger partial charge on any atom is 0.228 e. The molecule has 1 aromatic heterocycles. The summed E-state index contributed by atoms with van der Waals surface area (Å²) in [4.78, 5) is 16.2. The molecular formula is C14H15ClN2O. The quantitative estimate of drug-likeness (QED) is 0.833. The predicted molar refractivity (Wildman–Crippen MR) is 69.2 cm³/mol. The van der Waals surface area contributed by atoms with E-state index in [9.17, 15) is 4.79 Å². The number of pyridine rings is 1. The number of aromatic nitrogens is 1. The first-order valence-electron chi connectivity index (χ1n) is 6.66. The zero-order valence-corrected chi connectivity index (χ0v) is 10.7. The van der Waals surface area contributed by atoms with E-state index in [1.807, 2.05) is 0 Å². The molecule has 94 valence electrons. The summed E-state index contributed by atoms with van der Waals surface area (Å²) in [7, 11) is 0. The Morgan fingerprint density at radius 1 is 1.33 bits per heavy atom. The molecule has 18 heavy (non-hydrogen) atoms. The molecule has 3 aliphatic carbocycles. The highest BCUT2D eigenvalue weighted by Crippen LogP contribution is 2.69. The van der Waals surface area contributed by atoms with Gasteiger partial charge >= 0.3 is 0 Å². The summed E-state index contributed by atoms with van der Waals surface area (Å²) in [6, 6.07) is 3.49. The van der Waals surface area contributed by atoms with Crippen molar-refractivity contribution >= 4 is 23.2 Å². The largest absolute Gasteiger partial charge is 0.326 e. The zero-order valence-electron chi connectivity index (χ0n) is 9.97. The van der Waals surface area contributed by atoms with Crippen molar-refractivity contribution in [3.8, 4) is 0 Å². The molecule has 3 aliphatic rings. The Labute approximate surface area is 111 Å². The molecule has 3 saturated carbocycles. The van der Waals surface area contributed by atoms with E-state index < -0.39 is 0 Å². The van der Waals surface area contributed by atoms with Crippen molar-refractivity contribution in [2.75, 3.05) is 5.32 Å². The summed E-state index contributed by atoms with van der Waals surface area (Å²) in [6.45, 7) is 0. The van der Waals surface area contributed by atoms with E-state index in [-0.39, 0.29) is 11.8 Å². The first-order valence-corrected chi connectivity index (χ1v) is 7.04. The second kappa shape index (κ2) is 3.70. The van der Waals surface area contributed by atoms with Crippen LogP contribution >= 0.6 is 11.6 Å². The van der Waals surface area contributed by atoms with Crippen molar-refractivity contribution in [1.29, 1.82) is 0 Å². The number of carbonyl (C=O) groups is 1. The van der Waals surface area contributed by atoms with E-state index >= 15 is 0 Å². The summed E-state index contributed by atoms with van der Waals surface area (Å²) < 4.78 is 0. The Balaban J connectivity index is 1.47. The maximum atomic E-state index is 12.2. The smallest absolute Gasteiger partial charge is 0.228 e. The Morgan fingerprint density at radius 3 is 2.72 bits per heavy atom. The molecule has 0 aromatic carbocycles. The fraction of sp³-hybridized carbons (Fsp3) is 0.571. The molecule has 4 atom stereocenters. The van der Waals surface area contributed by atoms with Gasteiger partial charge in [0, 0.05) is 17.8 Å². The van der Waals surface area contributed by atoms with Crippen molar-refractivity contribution in [2.45, 2.75) is 19.3 Å². The first-order chi connectivity index (χ1) is 8.74. The van der Waals surface area contributed by atoms with Crippen LogP contribution in [0.25, 0.3) is 0 Å². The first kappa shape index (κ1) is 10.8. The average Bonchev–Trinajstić information content (AvgIpc) is 2.79. The van der Waals surface area contributed by atoms with Crippen molar-refractivity contribution in [3.63, 3.8) is 0 Å². The van der Waals surface area contributed by atoms with Crippen molar-refractivity contribution in [2.24, 2.45) is 29.6 Å². The third-order valence-corrected chi connectivity index (χ3v) is 5.24. The number of anilines is 1. The molecule has 1 aromatic rings. The second-order valence-corrected chi connectivity index (χ2v) is 6.26. The van der Waals surface area contributed by atoms with Gasteiger partial charge in [-0.2, -0.15) is 0 Å². The lowest BCUT2D eigenvalue weighted by Gasteiger charge is -2.09. The van der Waals surface area contributed by atoms with Crippen molar-refractivity contribution < 1.29 is 4.79 Å². The number of nitrogens with one attached hydrogen (secondary N) is 1. The lowest BCUT2D eigenvalue weighted by atomic mass is 10.0. The number of fused-ring (bicyclic) bond motifs is 5. The highest BCUT2D eigenvalue weighted by atomic mass is 35.5. The fourth-order valence-electron chi connectivity index (χ4n) is 4.38. The van der Waals surface area contributed by atoms with Gasteiger partial charge in [-0.3, -0.25) is 4.79 Å². The van der Waals surface area contributed by atoms with Crippen LogP contribution in [-0.4, -0.2) is 10.9 Å². The van der Waals surface area contributed by atoms with Crippen LogP contribution in [-0.2, 0) is 4.79 Å². The minimum atomic E-state index is 0.184. The summed E-state index contributed by atoms with van der Waals surface area (Å²) in [5.41, 5.74) is 0.761. The number of hydrogen-bond acceptors (Lipinski definition) is 2. The molecule has 0 aliphatic heterocycles. The van der Waals surface area contributed by atoms with Gasteiger partial charge in [-0.1, -0.05) is 11.6 Å². The lowest BCUT2D eigenvalue weighted by Crippen LogP contribution is -2.18. The van der Waals surface area contributed by atoms with Gasteiger partial charge in [0.15, 0.2) is 0 Å². The monoisotopic (exact) mass is 262 g/mol. The summed E-state index contributed by atoms with van der Waals surface area (Å²) >= 11 is 5.81. The summed E-state index contributed by atoms with van der Waals surface area (Å²) in [6.07, 6.45) is 5.68. The van der Waals surface area contributed by atoms with Crippen LogP contribution in [0.1, 0.15) is 19.3 Å². The van der Waals surface area contributed by atoms with Gasteiger partial charge < -0.3 is 5.32 Å². The van der Waals surface area contributed by atoms with E-state index in [2.05, 4.69) is 10.3 Å². The van der Waals surface area contributed by atoms with Gasteiger partial charge in [-0.05, 0) is 55.1 Å². The second-order valence-electron chi connectivity index (χ2n) is 5.87. The van der Waals surface area contributed by atoms with Crippen molar-refractivity contribution in [1.82, 2.24) is 4.98 Å². The highest BCUT2D eigenvalue weighted by Gasteiger charge is 2.67. The van der Waals surface area contributed by atoms with Gasteiger partial charge in [-0.15, -0.1) is 0 Å². The Bertz CT molecular complexity index is 502. The number of nitrogens with zero attached hydrogens (tertiary/aromatic N) is 1. The summed E-state index contributed by atoms with van der Waals surface area (Å²) in [5, 5.41) is 3.40. The Kier molecular flexibility index (Phi) is 2.22. The number of carbonyl (C=O) groups excluding carboxylic acids is 1. The number of hydrogen-bond donors (Lipinski definition) is 1. The summed E-state index contributed by atoms with van der Waals surface area (Å²) in [5.74, 6) is 3.47. The standard InChI is InChI=1S/C14H15ClN2O/c15-10-6-9(3-4-16-10)17-14(18)13-11-7-1-2-8(5-7)12(11)13/h3-4,6-8,11-13H,1-2,5H2,(H,16,17,18). The minimum absolute atomic E-state index is 0.184. The molecule has 1 N–H and O–H groups in total. The van der Waals surface area contributed by atoms with E-state index in [1.54, 1.807) is 18.3 Å². The molecule has 1 amide bonds. The number of rotatable bonds is 2. The predicted octanol–water partition coefficient (Wildman–Crippen LogP) is 2.97. The molecule has 3 fully saturated rings. The van der Waals surface area contributed by atoms with Gasteiger partial charge in [0.2, 0.25) is 5.91 Å². The van der Waals surface area contributed by atoms with Gasteiger partial charge in [0.1, 0.15) is 5.15 Å². The number of amides is 1. The van der Waals surface area contributed by atoms with E-state index in [4.69, 9.17) is 11.6 Å². The number of halogens is 1. The van der Waals surface area contributed by atoms with Crippen LogP contribution in [0.2, 0.25) is 5.15 Å². The topological polar surface area (TPSA) is 42.0 Å². The van der Waals surface area contributed by atoms with Gasteiger partial charge in [0.05, 0.1) is 0 Å². The molecule has 0 radical (unpaired) electrons. The Hall–Kier alpha value is -1.09. The normalized spacial score (nSPS) is 39.5. The minimum Gasteiger partial charge on any atom is -0.326 e. The van der Waals surface area contributed by atoms with Crippen molar-refractivity contribution in [3.05, 3.63) is 23.5 Å². The molecular weight excluding hydrogens is 248 g/mol. The molecule has 4 unspecified atom stereocenters. The zero-order chi connectivity index (χ0) is 12.3.